The predicted octanol–water partition coefficient (Wildman–Crippen LogP) is 1.86. The van der Waals surface area contributed by atoms with Crippen molar-refractivity contribution in [3.63, 3.8) is 0 Å². The molecule has 0 spiro atoms. The Kier molecular flexibility index (Phi) is 5.51. The first-order valence-corrected chi connectivity index (χ1v) is 10.5. The molecule has 2 N–H and O–H groups in total. The van der Waals surface area contributed by atoms with Crippen molar-refractivity contribution in [3.05, 3.63) is 53.1 Å². The Bertz CT molecular complexity index is 1030. The highest BCUT2D eigenvalue weighted by atomic mass is 19.1. The number of nitrogens with one attached hydrogen (secondary N) is 2. The zero-order valence-corrected chi connectivity index (χ0v) is 17.7. The van der Waals surface area contributed by atoms with Crippen molar-refractivity contribution in [2.75, 3.05) is 7.05 Å². The van der Waals surface area contributed by atoms with Gasteiger partial charge in [-0.2, -0.15) is 5.10 Å². The normalized spacial score (nSPS) is 21.1. The summed E-state index contributed by atoms with van der Waals surface area (Å²) in [6.07, 6.45) is 4.08. The van der Waals surface area contributed by atoms with E-state index in [1.165, 1.54) is 27.8 Å². The fourth-order valence-corrected chi connectivity index (χ4v) is 4.17. The van der Waals surface area contributed by atoms with Crippen LogP contribution in [0.3, 0.4) is 0 Å². The van der Waals surface area contributed by atoms with E-state index in [1.807, 2.05) is 0 Å². The lowest BCUT2D eigenvalue weighted by molar-refractivity contribution is -0.133. The quantitative estimate of drug-likeness (QED) is 0.761. The number of hydrogen-bond acceptors (Lipinski definition) is 4. The number of rotatable bonds is 5. The number of hydrogen-bond donors (Lipinski definition) is 2. The molecule has 9 heteroatoms. The van der Waals surface area contributed by atoms with Crippen LogP contribution in [0, 0.1) is 5.82 Å². The summed E-state index contributed by atoms with van der Waals surface area (Å²) in [5, 5.41) is 10.0. The van der Waals surface area contributed by atoms with Crippen LogP contribution >= 0.6 is 0 Å². The highest BCUT2D eigenvalue weighted by Gasteiger charge is 2.46. The van der Waals surface area contributed by atoms with Crippen LogP contribution in [0.4, 0.5) is 4.39 Å². The van der Waals surface area contributed by atoms with Gasteiger partial charge in [0.15, 0.2) is 5.69 Å². The summed E-state index contributed by atoms with van der Waals surface area (Å²) >= 11 is 0. The first kappa shape index (κ1) is 21.0. The van der Waals surface area contributed by atoms with Gasteiger partial charge in [-0.3, -0.25) is 19.1 Å². The van der Waals surface area contributed by atoms with Crippen molar-refractivity contribution in [2.24, 2.45) is 0 Å². The Morgan fingerprint density at radius 2 is 2.00 bits per heavy atom. The number of fused-ring (bicyclic) bond motifs is 1. The van der Waals surface area contributed by atoms with E-state index < -0.39 is 11.4 Å². The Labute approximate surface area is 179 Å². The fourth-order valence-electron chi connectivity index (χ4n) is 4.17. The smallest absolute Gasteiger partial charge is 0.272 e. The van der Waals surface area contributed by atoms with Gasteiger partial charge in [-0.05, 0) is 37.5 Å². The third-order valence-electron chi connectivity index (χ3n) is 6.26. The first-order chi connectivity index (χ1) is 14.8. The van der Waals surface area contributed by atoms with Crippen LogP contribution in [0.15, 0.2) is 30.3 Å². The second-order valence-corrected chi connectivity index (χ2v) is 8.48. The van der Waals surface area contributed by atoms with Crippen LogP contribution in [0.5, 0.6) is 0 Å². The predicted molar refractivity (Wildman–Crippen MR) is 111 cm³/mol. The summed E-state index contributed by atoms with van der Waals surface area (Å²) in [5.74, 6) is -1.44. The Hall–Kier alpha value is -3.23. The van der Waals surface area contributed by atoms with Crippen LogP contribution in [-0.4, -0.2) is 51.0 Å². The molecule has 8 nitrogen and oxygen atoms in total. The third kappa shape index (κ3) is 4.04. The lowest BCUT2D eigenvalue weighted by Crippen LogP contribution is -2.63. The molecular weight excluding hydrogens is 401 g/mol. The van der Waals surface area contributed by atoms with E-state index in [4.69, 9.17) is 0 Å². The maximum atomic E-state index is 13.3. The highest BCUT2D eigenvalue weighted by Crippen LogP contribution is 2.27. The standard InChI is InChI=1S/C22H26FN5O3/c1-22(21(31)25-16-8-3-4-9-16)13-28-18(20(30)27(22)2)11-17(26-28)19(29)24-12-14-6-5-7-15(23)10-14/h5-7,10-11,16H,3-4,8-9,12-13H2,1-2H3,(H,24,29)(H,25,31)/t22-/m1/s1. The zero-order valence-electron chi connectivity index (χ0n) is 17.7. The molecule has 1 saturated carbocycles. The molecule has 4 rings (SSSR count). The van der Waals surface area contributed by atoms with Gasteiger partial charge in [0.25, 0.3) is 11.8 Å². The van der Waals surface area contributed by atoms with Crippen molar-refractivity contribution in [3.8, 4) is 0 Å². The van der Waals surface area contributed by atoms with E-state index >= 15 is 0 Å². The molecule has 31 heavy (non-hydrogen) atoms. The summed E-state index contributed by atoms with van der Waals surface area (Å²) < 4.78 is 14.7. The molecule has 3 amide bonds. The SMILES string of the molecule is CN1C(=O)c2cc(C(=O)NCc3cccc(F)c3)nn2C[C@]1(C)C(=O)NC1CCCC1. The lowest BCUT2D eigenvalue weighted by atomic mass is 9.95. The summed E-state index contributed by atoms with van der Waals surface area (Å²) in [7, 11) is 1.59. The summed E-state index contributed by atoms with van der Waals surface area (Å²) in [6, 6.07) is 7.50. The zero-order chi connectivity index (χ0) is 22.2. The summed E-state index contributed by atoms with van der Waals surface area (Å²) in [6.45, 7) is 2.00. The molecule has 2 aliphatic rings. The molecule has 1 aromatic heterocycles. The van der Waals surface area contributed by atoms with Gasteiger partial charge in [0.1, 0.15) is 17.1 Å². The second kappa shape index (κ2) is 8.13. The molecule has 164 valence electrons. The first-order valence-electron chi connectivity index (χ1n) is 10.5. The molecule has 0 unspecified atom stereocenters. The molecule has 1 atom stereocenters. The monoisotopic (exact) mass is 427 g/mol. The number of benzene rings is 1. The molecule has 0 bridgehead atoms. The number of likely N-dealkylation sites (N-methyl/N-ethyl adjacent to an activating group) is 1. The minimum Gasteiger partial charge on any atom is -0.351 e. The molecule has 2 heterocycles. The number of carbonyl (C=O) groups excluding carboxylic acids is 3. The van der Waals surface area contributed by atoms with Crippen LogP contribution in [0.25, 0.3) is 0 Å². The van der Waals surface area contributed by atoms with Gasteiger partial charge in [-0.1, -0.05) is 25.0 Å². The van der Waals surface area contributed by atoms with Gasteiger partial charge >= 0.3 is 0 Å². The van der Waals surface area contributed by atoms with Crippen molar-refractivity contribution in [2.45, 2.75) is 57.3 Å². The largest absolute Gasteiger partial charge is 0.351 e. The van der Waals surface area contributed by atoms with Gasteiger partial charge in [0.05, 0.1) is 6.54 Å². The van der Waals surface area contributed by atoms with E-state index in [0.29, 0.717) is 5.56 Å². The molecule has 1 aliphatic carbocycles. The maximum absolute atomic E-state index is 13.3. The lowest BCUT2D eigenvalue weighted by Gasteiger charge is -2.41. The van der Waals surface area contributed by atoms with E-state index in [0.717, 1.165) is 25.7 Å². The number of halogens is 1. The summed E-state index contributed by atoms with van der Waals surface area (Å²) in [4.78, 5) is 39.9. The minimum atomic E-state index is -1.10. The second-order valence-electron chi connectivity index (χ2n) is 8.48. The van der Waals surface area contributed by atoms with E-state index in [1.54, 1.807) is 26.1 Å². The van der Waals surface area contributed by atoms with Crippen LogP contribution in [-0.2, 0) is 17.9 Å². The average Bonchev–Trinajstić information content (AvgIpc) is 3.40. The van der Waals surface area contributed by atoms with E-state index in [2.05, 4.69) is 15.7 Å². The van der Waals surface area contributed by atoms with Crippen molar-refractivity contribution < 1.29 is 18.8 Å². The Morgan fingerprint density at radius 3 is 2.71 bits per heavy atom. The van der Waals surface area contributed by atoms with Gasteiger partial charge < -0.3 is 15.5 Å². The Morgan fingerprint density at radius 1 is 1.26 bits per heavy atom. The number of nitrogens with zero attached hydrogens (tertiary/aromatic N) is 3. The van der Waals surface area contributed by atoms with Gasteiger partial charge in [0, 0.05) is 25.7 Å². The third-order valence-corrected chi connectivity index (χ3v) is 6.26. The molecule has 1 aliphatic heterocycles. The van der Waals surface area contributed by atoms with Crippen LogP contribution in [0.2, 0.25) is 0 Å². The molecule has 0 saturated heterocycles. The topological polar surface area (TPSA) is 96.3 Å². The molecular formula is C22H26FN5O3. The van der Waals surface area contributed by atoms with Crippen molar-refractivity contribution in [1.29, 1.82) is 0 Å². The van der Waals surface area contributed by atoms with Gasteiger partial charge in [0.2, 0.25) is 5.91 Å². The number of carbonyl (C=O) groups is 3. The Balaban J connectivity index is 1.49. The molecule has 1 fully saturated rings. The van der Waals surface area contributed by atoms with Crippen LogP contribution < -0.4 is 10.6 Å². The van der Waals surface area contributed by atoms with Crippen molar-refractivity contribution >= 4 is 17.7 Å². The average molecular weight is 427 g/mol. The molecule has 0 radical (unpaired) electrons. The summed E-state index contributed by atoms with van der Waals surface area (Å²) in [5.41, 5.74) is -0.156. The number of aromatic nitrogens is 2. The fraction of sp³-hybridized carbons (Fsp3) is 0.455. The maximum Gasteiger partial charge on any atom is 0.272 e. The van der Waals surface area contributed by atoms with Crippen LogP contribution in [0.1, 0.15) is 59.1 Å². The molecule has 2 aromatic rings. The molecule has 1 aromatic carbocycles. The van der Waals surface area contributed by atoms with Gasteiger partial charge in [-0.25, -0.2) is 4.39 Å². The van der Waals surface area contributed by atoms with Crippen molar-refractivity contribution in [1.82, 2.24) is 25.3 Å². The minimum absolute atomic E-state index is 0.0774. The van der Waals surface area contributed by atoms with E-state index in [-0.39, 0.29) is 48.2 Å². The highest BCUT2D eigenvalue weighted by molar-refractivity contribution is 6.01. The van der Waals surface area contributed by atoms with Gasteiger partial charge in [-0.15, -0.1) is 0 Å². The van der Waals surface area contributed by atoms with E-state index in [9.17, 15) is 18.8 Å². The number of amides is 3.